The van der Waals surface area contributed by atoms with Crippen LogP contribution in [-0.2, 0) is 21.0 Å². The van der Waals surface area contributed by atoms with Crippen LogP contribution in [0.15, 0.2) is 0 Å². The Kier molecular flexibility index (Phi) is 3.39. The number of aromatic nitrogens is 2. The van der Waals surface area contributed by atoms with Gasteiger partial charge in [0.1, 0.15) is 5.25 Å². The summed E-state index contributed by atoms with van der Waals surface area (Å²) in [6.07, 6.45) is 2.66. The molecule has 1 aromatic rings. The molecule has 6 nitrogen and oxygen atoms in total. The lowest BCUT2D eigenvalue weighted by molar-refractivity contribution is 0.210. The molecule has 2 N–H and O–H groups in total. The molecule has 1 aliphatic rings. The van der Waals surface area contributed by atoms with Gasteiger partial charge in [0, 0.05) is 25.5 Å². The fraction of sp³-hybridized carbons (Fsp3) is 0.700. The van der Waals surface area contributed by atoms with E-state index in [-0.39, 0.29) is 0 Å². The summed E-state index contributed by atoms with van der Waals surface area (Å²) in [5.41, 5.74) is 1.74. The van der Waals surface area contributed by atoms with Crippen molar-refractivity contribution in [2.45, 2.75) is 18.1 Å². The third-order valence-electron chi connectivity index (χ3n) is 2.99. The summed E-state index contributed by atoms with van der Waals surface area (Å²) in [5, 5.41) is 9.66. The van der Waals surface area contributed by atoms with Crippen LogP contribution < -0.4 is 5.32 Å². The minimum absolute atomic E-state index is 0.428. The predicted molar refractivity (Wildman–Crippen MR) is 64.9 cm³/mol. The van der Waals surface area contributed by atoms with Gasteiger partial charge in [-0.25, -0.2) is 8.42 Å². The van der Waals surface area contributed by atoms with E-state index in [1.807, 2.05) is 0 Å². The van der Waals surface area contributed by atoms with E-state index in [0.717, 1.165) is 23.5 Å². The van der Waals surface area contributed by atoms with Crippen LogP contribution in [0.5, 0.6) is 0 Å². The number of hydrogen-bond acceptors (Lipinski definition) is 5. The fourth-order valence-corrected chi connectivity index (χ4v) is 3.33. The summed E-state index contributed by atoms with van der Waals surface area (Å²) in [5.74, 6) is 0.753. The van der Waals surface area contributed by atoms with E-state index in [9.17, 15) is 8.42 Å². The number of nitrogens with one attached hydrogen (secondary N) is 2. The van der Waals surface area contributed by atoms with Crippen LogP contribution in [0.3, 0.4) is 0 Å². The van der Waals surface area contributed by atoms with Crippen LogP contribution in [0.4, 0.5) is 5.82 Å². The maximum atomic E-state index is 11.6. The first kappa shape index (κ1) is 12.4. The number of ether oxygens (including phenoxy) is 1. The lowest BCUT2D eigenvalue weighted by atomic mass is 10.2. The van der Waals surface area contributed by atoms with Gasteiger partial charge in [-0.1, -0.05) is 0 Å². The maximum absolute atomic E-state index is 11.6. The van der Waals surface area contributed by atoms with Crippen molar-refractivity contribution in [2.75, 3.05) is 31.8 Å². The van der Waals surface area contributed by atoms with Gasteiger partial charge in [0.25, 0.3) is 0 Å². The van der Waals surface area contributed by atoms with Gasteiger partial charge >= 0.3 is 0 Å². The molecular formula is C10H17N3O3S. The zero-order valence-electron chi connectivity index (χ0n) is 9.99. The zero-order chi connectivity index (χ0) is 12.5. The second kappa shape index (κ2) is 4.66. The summed E-state index contributed by atoms with van der Waals surface area (Å²) in [4.78, 5) is 0. The molecule has 1 aliphatic carbocycles. The number of nitrogens with zero attached hydrogens (tertiary/aromatic N) is 1. The Labute approximate surface area is 101 Å². The molecule has 0 bridgehead atoms. The third kappa shape index (κ3) is 2.44. The van der Waals surface area contributed by atoms with E-state index in [0.29, 0.717) is 19.6 Å². The second-order valence-corrected chi connectivity index (χ2v) is 6.47. The lowest BCUT2D eigenvalue weighted by Gasteiger charge is -2.05. The van der Waals surface area contributed by atoms with Crippen LogP contribution in [0.2, 0.25) is 0 Å². The van der Waals surface area contributed by atoms with Crippen LogP contribution in [0.25, 0.3) is 0 Å². The summed E-state index contributed by atoms with van der Waals surface area (Å²) in [7, 11) is -1.42. The highest BCUT2D eigenvalue weighted by atomic mass is 32.2. The number of H-pyrrole nitrogens is 1. The fourth-order valence-electron chi connectivity index (χ4n) is 2.16. The topological polar surface area (TPSA) is 84.1 Å². The summed E-state index contributed by atoms with van der Waals surface area (Å²) >= 11 is 0. The molecule has 0 spiro atoms. The highest BCUT2D eigenvalue weighted by Gasteiger charge is 2.34. The van der Waals surface area contributed by atoms with E-state index >= 15 is 0 Å². The Morgan fingerprint density at radius 1 is 1.59 bits per heavy atom. The molecule has 1 heterocycles. The number of fused-ring (bicyclic) bond motifs is 1. The van der Waals surface area contributed by atoms with Gasteiger partial charge in [-0.3, -0.25) is 5.10 Å². The Morgan fingerprint density at radius 3 is 3.00 bits per heavy atom. The quantitative estimate of drug-likeness (QED) is 0.752. The molecule has 1 aromatic heterocycles. The normalized spacial score (nSPS) is 19.3. The highest BCUT2D eigenvalue weighted by molar-refractivity contribution is 7.90. The molecule has 7 heteroatoms. The second-order valence-electron chi connectivity index (χ2n) is 4.24. The SMILES string of the molecule is COCCNc1n[nH]c2c1CCC2S(C)(=O)=O. The van der Waals surface area contributed by atoms with Crippen molar-refractivity contribution in [3.8, 4) is 0 Å². The van der Waals surface area contributed by atoms with Crippen molar-refractivity contribution >= 4 is 15.7 Å². The average Bonchev–Trinajstić information content (AvgIpc) is 2.78. The standard InChI is InChI=1S/C10H17N3O3S/c1-16-6-5-11-10-7-3-4-8(17(2,14)15)9(7)12-13-10/h8H,3-6H2,1-2H3,(H2,11,12,13). The summed E-state index contributed by atoms with van der Waals surface area (Å²) in [6.45, 7) is 1.26. The summed E-state index contributed by atoms with van der Waals surface area (Å²) < 4.78 is 28.1. The molecule has 0 fully saturated rings. The summed E-state index contributed by atoms with van der Waals surface area (Å²) in [6, 6.07) is 0. The first-order chi connectivity index (χ1) is 8.04. The van der Waals surface area contributed by atoms with Gasteiger partial charge in [0.15, 0.2) is 15.7 Å². The minimum atomic E-state index is -3.05. The van der Waals surface area contributed by atoms with Gasteiger partial charge < -0.3 is 10.1 Å². The molecule has 0 saturated heterocycles. The van der Waals surface area contributed by atoms with Crippen LogP contribution in [0, 0.1) is 0 Å². The zero-order valence-corrected chi connectivity index (χ0v) is 10.8. The van der Waals surface area contributed by atoms with Gasteiger partial charge in [0.2, 0.25) is 0 Å². The van der Waals surface area contributed by atoms with E-state index in [1.165, 1.54) is 6.26 Å². The molecule has 96 valence electrons. The van der Waals surface area contributed by atoms with Crippen molar-refractivity contribution in [2.24, 2.45) is 0 Å². The number of sulfone groups is 1. The van der Waals surface area contributed by atoms with E-state index in [1.54, 1.807) is 7.11 Å². The van der Waals surface area contributed by atoms with Gasteiger partial charge in [-0.15, -0.1) is 0 Å². The Morgan fingerprint density at radius 2 is 2.35 bits per heavy atom. The minimum Gasteiger partial charge on any atom is -0.383 e. The largest absolute Gasteiger partial charge is 0.383 e. The number of rotatable bonds is 5. The molecule has 0 amide bonds. The van der Waals surface area contributed by atoms with Gasteiger partial charge in [-0.2, -0.15) is 5.10 Å². The molecule has 1 atom stereocenters. The van der Waals surface area contributed by atoms with E-state index in [4.69, 9.17) is 4.74 Å². The Bertz CT molecular complexity index is 495. The van der Waals surface area contributed by atoms with E-state index < -0.39 is 15.1 Å². The van der Waals surface area contributed by atoms with Gasteiger partial charge in [0.05, 0.1) is 12.3 Å². The van der Waals surface area contributed by atoms with E-state index in [2.05, 4.69) is 15.5 Å². The van der Waals surface area contributed by atoms with Crippen molar-refractivity contribution in [1.29, 1.82) is 0 Å². The molecule has 0 aromatic carbocycles. The Balaban J connectivity index is 2.15. The van der Waals surface area contributed by atoms with Gasteiger partial charge in [-0.05, 0) is 12.8 Å². The number of hydrogen-bond donors (Lipinski definition) is 2. The van der Waals surface area contributed by atoms with Crippen molar-refractivity contribution in [1.82, 2.24) is 10.2 Å². The van der Waals surface area contributed by atoms with Crippen molar-refractivity contribution in [3.05, 3.63) is 11.3 Å². The molecule has 2 rings (SSSR count). The maximum Gasteiger partial charge on any atom is 0.156 e. The highest BCUT2D eigenvalue weighted by Crippen LogP contribution is 2.38. The number of methoxy groups -OCH3 is 1. The smallest absolute Gasteiger partial charge is 0.156 e. The molecule has 0 aliphatic heterocycles. The predicted octanol–water partition coefficient (Wildman–Crippen LogP) is 0.500. The van der Waals surface area contributed by atoms with Crippen molar-refractivity contribution in [3.63, 3.8) is 0 Å². The molecule has 0 radical (unpaired) electrons. The Hall–Kier alpha value is -1.08. The first-order valence-corrected chi connectivity index (χ1v) is 7.48. The molecular weight excluding hydrogens is 242 g/mol. The molecule has 0 saturated carbocycles. The number of aromatic amines is 1. The average molecular weight is 259 g/mol. The molecule has 1 unspecified atom stereocenters. The lowest BCUT2D eigenvalue weighted by Crippen LogP contribution is -2.09. The number of anilines is 1. The van der Waals surface area contributed by atoms with Crippen LogP contribution in [-0.4, -0.2) is 45.1 Å². The molecule has 17 heavy (non-hydrogen) atoms. The third-order valence-corrected chi connectivity index (χ3v) is 4.50. The van der Waals surface area contributed by atoms with Crippen LogP contribution >= 0.6 is 0 Å². The van der Waals surface area contributed by atoms with Crippen molar-refractivity contribution < 1.29 is 13.2 Å². The monoisotopic (exact) mass is 259 g/mol. The van der Waals surface area contributed by atoms with Crippen LogP contribution in [0.1, 0.15) is 22.9 Å². The first-order valence-electron chi connectivity index (χ1n) is 5.53.